The fraction of sp³-hybridized carbons (Fsp3) is 0.222. The Kier molecular flexibility index (Phi) is 3.75. The lowest BCUT2D eigenvalue weighted by Crippen LogP contribution is -2.36. The third kappa shape index (κ3) is 2.32. The Bertz CT molecular complexity index is 723. The monoisotopic (exact) mass is 313 g/mol. The Morgan fingerprint density at radius 2 is 1.68 bits per heavy atom. The van der Waals surface area contributed by atoms with Crippen LogP contribution in [-0.4, -0.2) is 11.9 Å². The molecule has 1 heterocycles. The summed E-state index contributed by atoms with van der Waals surface area (Å²) in [6.45, 7) is 3.93. The molecule has 0 N–H and O–H groups in total. The normalized spacial score (nSPS) is 20.9. The zero-order valence-electron chi connectivity index (χ0n) is 12.4. The molecule has 3 nitrogen and oxygen atoms in total. The lowest BCUT2D eigenvalue weighted by Gasteiger charge is -2.26. The zero-order valence-corrected chi connectivity index (χ0v) is 13.2. The minimum absolute atomic E-state index is 0.0395. The van der Waals surface area contributed by atoms with Gasteiger partial charge in [-0.25, -0.2) is 9.79 Å². The van der Waals surface area contributed by atoms with Crippen LogP contribution in [0.1, 0.15) is 25.0 Å². The lowest BCUT2D eigenvalue weighted by molar-refractivity contribution is -0.141. The molecule has 0 bridgehead atoms. The molecule has 1 aliphatic heterocycles. The molecule has 2 aromatic rings. The van der Waals surface area contributed by atoms with E-state index >= 15 is 0 Å². The van der Waals surface area contributed by atoms with Crippen molar-refractivity contribution in [3.05, 3.63) is 70.7 Å². The van der Waals surface area contributed by atoms with Crippen LogP contribution in [0.2, 0.25) is 5.02 Å². The van der Waals surface area contributed by atoms with Gasteiger partial charge in [-0.3, -0.25) is 0 Å². The summed E-state index contributed by atoms with van der Waals surface area (Å²) in [5, 5.41) is 0.626. The minimum Gasteiger partial charge on any atom is -0.405 e. The van der Waals surface area contributed by atoms with Gasteiger partial charge in [-0.2, -0.15) is 0 Å². The Hall–Kier alpha value is -2.13. The van der Waals surface area contributed by atoms with Crippen molar-refractivity contribution in [3.63, 3.8) is 0 Å². The summed E-state index contributed by atoms with van der Waals surface area (Å²) in [5.41, 5.74) is 0.575. The number of ether oxygens (including phenoxy) is 1. The molecule has 0 saturated heterocycles. The van der Waals surface area contributed by atoms with E-state index in [1.165, 1.54) is 0 Å². The maximum Gasteiger partial charge on any atom is 0.345 e. The number of cyclic esters (lactones) is 1. The molecule has 2 aromatic carbocycles. The van der Waals surface area contributed by atoms with E-state index in [1.54, 1.807) is 12.1 Å². The maximum absolute atomic E-state index is 12.6. The van der Waals surface area contributed by atoms with E-state index in [0.29, 0.717) is 10.9 Å². The quantitative estimate of drug-likeness (QED) is 0.797. The third-order valence-corrected chi connectivity index (χ3v) is 4.17. The highest BCUT2D eigenvalue weighted by Crippen LogP contribution is 2.40. The van der Waals surface area contributed by atoms with Crippen LogP contribution in [0.25, 0.3) is 0 Å². The lowest BCUT2D eigenvalue weighted by atomic mass is 9.81. The summed E-state index contributed by atoms with van der Waals surface area (Å²) in [6.07, 6.45) is 0. The van der Waals surface area contributed by atoms with Gasteiger partial charge in [0.2, 0.25) is 5.90 Å². The van der Waals surface area contributed by atoms with E-state index in [4.69, 9.17) is 16.3 Å². The number of rotatable bonds is 3. The van der Waals surface area contributed by atoms with Gasteiger partial charge in [-0.05, 0) is 35.7 Å². The molecule has 1 atom stereocenters. The SMILES string of the molecule is CC(C)[C@]1(c2ccc(Cl)cc2)N=C(c2ccccc2)OC1=O. The number of aliphatic imine (C=N–C) groups is 1. The van der Waals surface area contributed by atoms with Crippen molar-refractivity contribution in [2.24, 2.45) is 10.9 Å². The molecule has 1 aliphatic rings. The van der Waals surface area contributed by atoms with E-state index in [0.717, 1.165) is 11.1 Å². The number of hydrogen-bond acceptors (Lipinski definition) is 3. The van der Waals surface area contributed by atoms with Crippen LogP contribution < -0.4 is 0 Å². The standard InChI is InChI=1S/C18H16ClNO2/c1-12(2)18(14-8-10-15(19)11-9-14)17(21)22-16(20-18)13-6-4-3-5-7-13/h3-12H,1-2H3/t18-/m1/s1. The van der Waals surface area contributed by atoms with Gasteiger partial charge in [0.15, 0.2) is 5.54 Å². The van der Waals surface area contributed by atoms with Crippen LogP contribution in [0.5, 0.6) is 0 Å². The minimum atomic E-state index is -1.02. The Morgan fingerprint density at radius 1 is 1.05 bits per heavy atom. The van der Waals surface area contributed by atoms with Gasteiger partial charge in [-0.1, -0.05) is 55.8 Å². The second-order valence-electron chi connectivity index (χ2n) is 5.60. The van der Waals surface area contributed by atoms with E-state index in [9.17, 15) is 4.79 Å². The van der Waals surface area contributed by atoms with E-state index in [2.05, 4.69) is 4.99 Å². The second-order valence-corrected chi connectivity index (χ2v) is 6.04. The number of benzene rings is 2. The van der Waals surface area contributed by atoms with Gasteiger partial charge in [0.25, 0.3) is 0 Å². The van der Waals surface area contributed by atoms with Crippen LogP contribution >= 0.6 is 11.6 Å². The first kappa shape index (κ1) is 14.8. The summed E-state index contributed by atoms with van der Waals surface area (Å²) in [4.78, 5) is 17.3. The maximum atomic E-state index is 12.6. The van der Waals surface area contributed by atoms with Gasteiger partial charge in [0, 0.05) is 10.6 Å². The third-order valence-electron chi connectivity index (χ3n) is 3.92. The summed E-state index contributed by atoms with van der Waals surface area (Å²) in [5.74, 6) is -0.0136. The molecule has 0 fully saturated rings. The summed E-state index contributed by atoms with van der Waals surface area (Å²) >= 11 is 5.95. The predicted octanol–water partition coefficient (Wildman–Crippen LogP) is 4.19. The van der Waals surface area contributed by atoms with Crippen molar-refractivity contribution in [1.82, 2.24) is 0 Å². The van der Waals surface area contributed by atoms with Gasteiger partial charge >= 0.3 is 5.97 Å². The van der Waals surface area contributed by atoms with Crippen LogP contribution in [0.15, 0.2) is 59.6 Å². The molecule has 0 amide bonds. The first-order chi connectivity index (χ1) is 10.5. The van der Waals surface area contributed by atoms with E-state index in [-0.39, 0.29) is 11.9 Å². The largest absolute Gasteiger partial charge is 0.405 e. The van der Waals surface area contributed by atoms with Crippen molar-refractivity contribution in [1.29, 1.82) is 0 Å². The highest BCUT2D eigenvalue weighted by molar-refractivity contribution is 6.30. The highest BCUT2D eigenvalue weighted by atomic mass is 35.5. The molecule has 3 rings (SSSR count). The van der Waals surface area contributed by atoms with Crippen LogP contribution in [0, 0.1) is 5.92 Å². The average molecular weight is 314 g/mol. The van der Waals surface area contributed by atoms with Gasteiger partial charge in [-0.15, -0.1) is 0 Å². The molecule has 22 heavy (non-hydrogen) atoms. The zero-order chi connectivity index (χ0) is 15.7. The summed E-state index contributed by atoms with van der Waals surface area (Å²) < 4.78 is 5.49. The van der Waals surface area contributed by atoms with Crippen molar-refractivity contribution in [2.45, 2.75) is 19.4 Å². The van der Waals surface area contributed by atoms with Crippen molar-refractivity contribution in [3.8, 4) is 0 Å². The number of carbonyl (C=O) groups excluding carboxylic acids is 1. The van der Waals surface area contributed by atoms with Crippen molar-refractivity contribution >= 4 is 23.5 Å². The summed E-state index contributed by atoms with van der Waals surface area (Å²) in [7, 11) is 0. The molecule has 4 heteroatoms. The van der Waals surface area contributed by atoms with Crippen LogP contribution in [-0.2, 0) is 15.1 Å². The molecule has 0 aromatic heterocycles. The first-order valence-electron chi connectivity index (χ1n) is 7.17. The van der Waals surface area contributed by atoms with Crippen molar-refractivity contribution < 1.29 is 9.53 Å². The Morgan fingerprint density at radius 3 is 2.27 bits per heavy atom. The summed E-state index contributed by atoms with van der Waals surface area (Å²) in [6, 6.07) is 16.7. The van der Waals surface area contributed by atoms with Crippen LogP contribution in [0.3, 0.4) is 0 Å². The smallest absolute Gasteiger partial charge is 0.345 e. The van der Waals surface area contributed by atoms with E-state index < -0.39 is 5.54 Å². The molecular weight excluding hydrogens is 298 g/mol. The first-order valence-corrected chi connectivity index (χ1v) is 7.55. The molecule has 0 saturated carbocycles. The Labute approximate surface area is 134 Å². The fourth-order valence-electron chi connectivity index (χ4n) is 2.68. The topological polar surface area (TPSA) is 38.7 Å². The van der Waals surface area contributed by atoms with Crippen molar-refractivity contribution in [2.75, 3.05) is 0 Å². The second kappa shape index (κ2) is 5.58. The molecular formula is C18H16ClNO2. The number of hydrogen-bond donors (Lipinski definition) is 0. The van der Waals surface area contributed by atoms with Gasteiger partial charge in [0.05, 0.1) is 0 Å². The van der Waals surface area contributed by atoms with Gasteiger partial charge < -0.3 is 4.74 Å². The number of nitrogens with zero attached hydrogens (tertiary/aromatic N) is 1. The molecule has 112 valence electrons. The molecule has 0 spiro atoms. The predicted molar refractivity (Wildman–Crippen MR) is 87.0 cm³/mol. The fourth-order valence-corrected chi connectivity index (χ4v) is 2.81. The van der Waals surface area contributed by atoms with Gasteiger partial charge in [0.1, 0.15) is 0 Å². The average Bonchev–Trinajstić information content (AvgIpc) is 2.88. The number of halogens is 1. The van der Waals surface area contributed by atoms with Crippen LogP contribution in [0.4, 0.5) is 0 Å². The number of carbonyl (C=O) groups is 1. The molecule has 0 aliphatic carbocycles. The van der Waals surface area contributed by atoms with E-state index in [1.807, 2.05) is 56.3 Å². The Balaban J connectivity index is 2.13. The highest BCUT2D eigenvalue weighted by Gasteiger charge is 2.50. The number of esters is 1. The molecule has 0 unspecified atom stereocenters. The molecule has 0 radical (unpaired) electrons.